The van der Waals surface area contributed by atoms with E-state index in [0.717, 1.165) is 37.7 Å². The first-order chi connectivity index (χ1) is 13.1. The Kier molecular flexibility index (Phi) is 6.16. The summed E-state index contributed by atoms with van der Waals surface area (Å²) < 4.78 is 10.6. The van der Waals surface area contributed by atoms with Gasteiger partial charge in [-0.1, -0.05) is 12.1 Å². The van der Waals surface area contributed by atoms with Gasteiger partial charge >= 0.3 is 5.97 Å². The molecule has 1 aromatic carbocycles. The lowest BCUT2D eigenvalue weighted by atomic mass is 9.90. The van der Waals surface area contributed by atoms with Crippen LogP contribution in [0.3, 0.4) is 0 Å². The molecule has 0 unspecified atom stereocenters. The number of ether oxygens (including phenoxy) is 1. The highest BCUT2D eigenvalue weighted by molar-refractivity contribution is 5.95. The fraction of sp³-hybridized carbons (Fsp3) is 0.429. The standard InChI is InChI=1S/C21H25NO5/c1-2-26-18-7-5-15(6-8-18)3-4-16-9-11-22(12-10-16)20(23)19-13-17(14-27-19)21(24)25/h5-8,13-14,16H,2-4,9-12H2,1H3,(H,24,25). The van der Waals surface area contributed by atoms with Crippen LogP contribution in [0.2, 0.25) is 0 Å². The van der Waals surface area contributed by atoms with Crippen molar-refractivity contribution < 1.29 is 23.8 Å². The molecule has 1 amide bonds. The maximum atomic E-state index is 12.4. The number of rotatable bonds is 7. The smallest absolute Gasteiger partial charge is 0.338 e. The zero-order chi connectivity index (χ0) is 19.2. The predicted molar refractivity (Wildman–Crippen MR) is 100 cm³/mol. The molecule has 1 N–H and O–H groups in total. The highest BCUT2D eigenvalue weighted by Gasteiger charge is 2.26. The van der Waals surface area contributed by atoms with Gasteiger partial charge in [0.05, 0.1) is 12.2 Å². The number of hydrogen-bond donors (Lipinski definition) is 1. The van der Waals surface area contributed by atoms with Gasteiger partial charge in [-0.2, -0.15) is 0 Å². The summed E-state index contributed by atoms with van der Waals surface area (Å²) in [5.41, 5.74) is 1.30. The first-order valence-electron chi connectivity index (χ1n) is 9.39. The summed E-state index contributed by atoms with van der Waals surface area (Å²) in [4.78, 5) is 25.1. The molecule has 1 aliphatic rings. The van der Waals surface area contributed by atoms with E-state index in [4.69, 9.17) is 14.3 Å². The molecule has 1 fully saturated rings. The minimum absolute atomic E-state index is 0.00333. The third kappa shape index (κ3) is 4.90. The van der Waals surface area contributed by atoms with Gasteiger partial charge in [-0.3, -0.25) is 4.79 Å². The number of carbonyl (C=O) groups is 2. The first-order valence-corrected chi connectivity index (χ1v) is 9.39. The molecule has 2 heterocycles. The van der Waals surface area contributed by atoms with E-state index >= 15 is 0 Å². The van der Waals surface area contributed by atoms with Crippen LogP contribution in [0.15, 0.2) is 41.0 Å². The Morgan fingerprint density at radius 1 is 1.22 bits per heavy atom. The van der Waals surface area contributed by atoms with Crippen LogP contribution in [0.4, 0.5) is 0 Å². The Bertz CT molecular complexity index is 772. The summed E-state index contributed by atoms with van der Waals surface area (Å²) in [6, 6.07) is 9.54. The molecular formula is C21H25NO5. The third-order valence-corrected chi connectivity index (χ3v) is 5.03. The van der Waals surface area contributed by atoms with Gasteiger partial charge in [-0.25, -0.2) is 4.79 Å². The van der Waals surface area contributed by atoms with Gasteiger partial charge in [0.15, 0.2) is 5.76 Å². The molecule has 1 aromatic heterocycles. The SMILES string of the molecule is CCOc1ccc(CCC2CCN(C(=O)c3cc(C(=O)O)co3)CC2)cc1. The molecule has 0 radical (unpaired) electrons. The molecule has 0 bridgehead atoms. The Balaban J connectivity index is 1.45. The number of piperidine rings is 1. The normalized spacial score (nSPS) is 14.9. The van der Waals surface area contributed by atoms with Crippen molar-refractivity contribution in [2.45, 2.75) is 32.6 Å². The number of carbonyl (C=O) groups excluding carboxylic acids is 1. The number of benzene rings is 1. The molecule has 0 atom stereocenters. The van der Waals surface area contributed by atoms with Gasteiger partial charge in [0.1, 0.15) is 12.0 Å². The second-order valence-corrected chi connectivity index (χ2v) is 6.86. The zero-order valence-electron chi connectivity index (χ0n) is 15.5. The van der Waals surface area contributed by atoms with Crippen LogP contribution in [0.5, 0.6) is 5.75 Å². The minimum Gasteiger partial charge on any atom is -0.494 e. The number of furan rings is 1. The molecule has 0 spiro atoms. The topological polar surface area (TPSA) is 80.0 Å². The van der Waals surface area contributed by atoms with E-state index < -0.39 is 5.97 Å². The van der Waals surface area contributed by atoms with Gasteiger partial charge < -0.3 is 19.2 Å². The van der Waals surface area contributed by atoms with Crippen molar-refractivity contribution in [3.63, 3.8) is 0 Å². The van der Waals surface area contributed by atoms with E-state index in [0.29, 0.717) is 25.6 Å². The number of nitrogens with zero attached hydrogens (tertiary/aromatic N) is 1. The Hall–Kier alpha value is -2.76. The fourth-order valence-corrected chi connectivity index (χ4v) is 3.43. The third-order valence-electron chi connectivity index (χ3n) is 5.03. The molecular weight excluding hydrogens is 346 g/mol. The van der Waals surface area contributed by atoms with Crippen LogP contribution < -0.4 is 4.74 Å². The maximum absolute atomic E-state index is 12.4. The second kappa shape index (κ2) is 8.75. The monoisotopic (exact) mass is 371 g/mol. The van der Waals surface area contributed by atoms with E-state index in [9.17, 15) is 9.59 Å². The lowest BCUT2D eigenvalue weighted by Gasteiger charge is -2.31. The van der Waals surface area contributed by atoms with Gasteiger partial charge in [0, 0.05) is 19.2 Å². The first kappa shape index (κ1) is 19.0. The summed E-state index contributed by atoms with van der Waals surface area (Å²) in [5.74, 6) is 0.266. The number of hydrogen-bond acceptors (Lipinski definition) is 4. The number of carboxylic acid groups (broad SMARTS) is 1. The molecule has 1 saturated heterocycles. The van der Waals surface area contributed by atoms with Gasteiger partial charge in [-0.05, 0) is 56.2 Å². The molecule has 6 nitrogen and oxygen atoms in total. The van der Waals surface area contributed by atoms with Crippen molar-refractivity contribution in [1.82, 2.24) is 4.90 Å². The Morgan fingerprint density at radius 3 is 2.52 bits per heavy atom. The molecule has 6 heteroatoms. The van der Waals surface area contributed by atoms with Crippen LogP contribution in [0, 0.1) is 5.92 Å². The molecule has 144 valence electrons. The van der Waals surface area contributed by atoms with E-state index in [-0.39, 0.29) is 17.2 Å². The summed E-state index contributed by atoms with van der Waals surface area (Å²) in [5, 5.41) is 8.93. The maximum Gasteiger partial charge on any atom is 0.338 e. The Morgan fingerprint density at radius 2 is 1.93 bits per heavy atom. The molecule has 0 saturated carbocycles. The van der Waals surface area contributed by atoms with Crippen LogP contribution in [0.1, 0.15) is 52.7 Å². The predicted octanol–water partition coefficient (Wildman–Crippen LogP) is 3.86. The van der Waals surface area contributed by atoms with Gasteiger partial charge in [0.2, 0.25) is 0 Å². The molecule has 0 aliphatic carbocycles. The van der Waals surface area contributed by atoms with Crippen LogP contribution in [-0.2, 0) is 6.42 Å². The average molecular weight is 371 g/mol. The van der Waals surface area contributed by atoms with E-state index in [1.54, 1.807) is 4.90 Å². The zero-order valence-corrected chi connectivity index (χ0v) is 15.5. The van der Waals surface area contributed by atoms with Crippen molar-refractivity contribution in [2.24, 2.45) is 5.92 Å². The van der Waals surface area contributed by atoms with Crippen LogP contribution in [0.25, 0.3) is 0 Å². The highest BCUT2D eigenvalue weighted by atomic mass is 16.5. The van der Waals surface area contributed by atoms with E-state index in [2.05, 4.69) is 12.1 Å². The van der Waals surface area contributed by atoms with Gasteiger partial charge in [0.25, 0.3) is 5.91 Å². The largest absolute Gasteiger partial charge is 0.494 e. The number of aromatic carboxylic acids is 1. The van der Waals surface area contributed by atoms with Crippen molar-refractivity contribution in [3.05, 3.63) is 53.5 Å². The fourth-order valence-electron chi connectivity index (χ4n) is 3.43. The summed E-state index contributed by atoms with van der Waals surface area (Å²) in [7, 11) is 0. The number of amides is 1. The van der Waals surface area contributed by atoms with Gasteiger partial charge in [-0.15, -0.1) is 0 Å². The lowest BCUT2D eigenvalue weighted by Crippen LogP contribution is -2.38. The Labute approximate surface area is 158 Å². The highest BCUT2D eigenvalue weighted by Crippen LogP contribution is 2.24. The van der Waals surface area contributed by atoms with Crippen molar-refractivity contribution in [1.29, 1.82) is 0 Å². The summed E-state index contributed by atoms with van der Waals surface area (Å²) in [6.45, 7) is 4.00. The quantitative estimate of drug-likeness (QED) is 0.799. The van der Waals surface area contributed by atoms with Crippen molar-refractivity contribution in [3.8, 4) is 5.75 Å². The van der Waals surface area contributed by atoms with Crippen molar-refractivity contribution in [2.75, 3.05) is 19.7 Å². The molecule has 3 rings (SSSR count). The number of carboxylic acids is 1. The number of aryl methyl sites for hydroxylation is 1. The summed E-state index contributed by atoms with van der Waals surface area (Å²) in [6.07, 6.45) is 5.13. The molecule has 1 aliphatic heterocycles. The lowest BCUT2D eigenvalue weighted by molar-refractivity contribution is 0.0653. The van der Waals surface area contributed by atoms with E-state index in [1.165, 1.54) is 11.6 Å². The van der Waals surface area contributed by atoms with Crippen LogP contribution in [-0.4, -0.2) is 41.6 Å². The average Bonchev–Trinajstić information content (AvgIpc) is 3.18. The van der Waals surface area contributed by atoms with Crippen LogP contribution >= 0.6 is 0 Å². The number of likely N-dealkylation sites (tertiary alicyclic amines) is 1. The van der Waals surface area contributed by atoms with Crippen molar-refractivity contribution >= 4 is 11.9 Å². The summed E-state index contributed by atoms with van der Waals surface area (Å²) >= 11 is 0. The van der Waals surface area contributed by atoms with E-state index in [1.807, 2.05) is 19.1 Å². The molecule has 27 heavy (non-hydrogen) atoms. The molecule has 2 aromatic rings. The second-order valence-electron chi connectivity index (χ2n) is 6.86. The minimum atomic E-state index is -1.09.